The molecule has 2 aromatic carbocycles. The third kappa shape index (κ3) is 8.47. The van der Waals surface area contributed by atoms with Crippen molar-refractivity contribution in [1.29, 1.82) is 0 Å². The number of alkyl carbamates (subject to hydrolysis) is 1. The Labute approximate surface area is 232 Å². The van der Waals surface area contributed by atoms with Crippen LogP contribution < -0.4 is 10.6 Å². The number of phenolic OH excluding ortho intramolecular Hbond substituents is 1. The monoisotopic (exact) mass is 537 g/mol. The van der Waals surface area contributed by atoms with Crippen molar-refractivity contribution >= 4 is 17.9 Å². The zero-order chi connectivity index (χ0) is 28.9. The van der Waals surface area contributed by atoms with Crippen molar-refractivity contribution in [2.24, 2.45) is 11.8 Å². The smallest absolute Gasteiger partial charge is 0.408 e. The van der Waals surface area contributed by atoms with E-state index < -0.39 is 23.8 Å². The second-order valence-electron chi connectivity index (χ2n) is 12.0. The Morgan fingerprint density at radius 2 is 1.74 bits per heavy atom. The van der Waals surface area contributed by atoms with Gasteiger partial charge in [0.1, 0.15) is 23.4 Å². The first-order chi connectivity index (χ1) is 18.3. The largest absolute Gasteiger partial charge is 0.508 e. The van der Waals surface area contributed by atoms with Crippen molar-refractivity contribution in [3.8, 4) is 5.75 Å². The maximum Gasteiger partial charge on any atom is 0.408 e. The van der Waals surface area contributed by atoms with Gasteiger partial charge in [-0.3, -0.25) is 9.59 Å². The van der Waals surface area contributed by atoms with Crippen LogP contribution in [0.25, 0.3) is 0 Å². The average molecular weight is 538 g/mol. The fraction of sp³-hybridized carbons (Fsp3) is 0.516. The van der Waals surface area contributed by atoms with E-state index in [4.69, 9.17) is 4.74 Å². The summed E-state index contributed by atoms with van der Waals surface area (Å²) in [5.74, 6) is -0.220. The molecule has 3 N–H and O–H groups in total. The molecule has 39 heavy (non-hydrogen) atoms. The maximum atomic E-state index is 14.3. The fourth-order valence-electron chi connectivity index (χ4n) is 4.66. The lowest BCUT2D eigenvalue weighted by Gasteiger charge is -2.35. The van der Waals surface area contributed by atoms with Crippen LogP contribution >= 0.6 is 0 Å². The Balaban J connectivity index is 1.99. The summed E-state index contributed by atoms with van der Waals surface area (Å²) in [6, 6.07) is 12.6. The number of benzene rings is 2. The number of carbonyl (C=O) groups is 3. The lowest BCUT2D eigenvalue weighted by molar-refractivity contribution is -0.143. The molecule has 0 aromatic heterocycles. The minimum absolute atomic E-state index is 0.105. The molecular weight excluding hydrogens is 494 g/mol. The van der Waals surface area contributed by atoms with Gasteiger partial charge >= 0.3 is 6.09 Å². The molecule has 4 unspecified atom stereocenters. The first-order valence-corrected chi connectivity index (χ1v) is 13.7. The molecule has 8 heteroatoms. The van der Waals surface area contributed by atoms with Gasteiger partial charge in [0.15, 0.2) is 0 Å². The first kappa shape index (κ1) is 30.0. The molecule has 3 amide bonds. The fourth-order valence-corrected chi connectivity index (χ4v) is 4.66. The molecule has 1 aliphatic carbocycles. The minimum atomic E-state index is -0.939. The number of ether oxygens (including phenoxy) is 1. The van der Waals surface area contributed by atoms with E-state index in [0.29, 0.717) is 24.1 Å². The molecule has 0 spiro atoms. The Morgan fingerprint density at radius 1 is 1.10 bits per heavy atom. The van der Waals surface area contributed by atoms with Crippen LogP contribution in [-0.4, -0.2) is 45.6 Å². The van der Waals surface area contributed by atoms with Gasteiger partial charge in [0.2, 0.25) is 11.8 Å². The number of aromatic hydroxyl groups is 1. The number of hydrogen-bond acceptors (Lipinski definition) is 5. The Kier molecular flexibility index (Phi) is 9.64. The Bertz CT molecular complexity index is 1160. The second-order valence-corrected chi connectivity index (χ2v) is 12.0. The molecule has 0 aliphatic heterocycles. The first-order valence-electron chi connectivity index (χ1n) is 13.7. The van der Waals surface area contributed by atoms with Gasteiger partial charge < -0.3 is 25.4 Å². The minimum Gasteiger partial charge on any atom is -0.508 e. The molecule has 212 valence electrons. The number of hydrogen-bond donors (Lipinski definition) is 3. The molecule has 1 aliphatic rings. The van der Waals surface area contributed by atoms with Crippen molar-refractivity contribution in [3.05, 3.63) is 65.2 Å². The third-order valence-electron chi connectivity index (χ3n) is 6.75. The van der Waals surface area contributed by atoms with E-state index in [1.54, 1.807) is 50.8 Å². The summed E-state index contributed by atoms with van der Waals surface area (Å²) in [6.45, 7) is 13.4. The van der Waals surface area contributed by atoms with Crippen molar-refractivity contribution in [2.75, 3.05) is 0 Å². The normalized spacial score (nSPS) is 18.2. The Hall–Kier alpha value is -3.55. The van der Waals surface area contributed by atoms with Gasteiger partial charge in [-0.15, -0.1) is 0 Å². The van der Waals surface area contributed by atoms with Gasteiger partial charge in [-0.2, -0.15) is 0 Å². The molecule has 0 bridgehead atoms. The molecule has 8 nitrogen and oxygen atoms in total. The highest BCUT2D eigenvalue weighted by atomic mass is 16.6. The van der Waals surface area contributed by atoms with Crippen LogP contribution in [0, 0.1) is 18.8 Å². The standard InChI is InChI=1S/C31H43N3O5/c1-19(2)15-24(33-30(38)39-31(5,6)7)29(37)34(25-17-20(25)3)27(23-13-14-26(35)21(4)16-23)28(36)32-18-22-11-9-8-10-12-22/h8-14,16,19-20,24-25,27,35H,15,17-18H2,1-7H3,(H,32,36)(H,33,38). The van der Waals surface area contributed by atoms with Gasteiger partial charge in [0.05, 0.1) is 0 Å². The summed E-state index contributed by atoms with van der Waals surface area (Å²) >= 11 is 0. The number of carbonyl (C=O) groups excluding carboxylic acids is 3. The van der Waals surface area contributed by atoms with Gasteiger partial charge in [-0.25, -0.2) is 4.79 Å². The predicted octanol–water partition coefficient (Wildman–Crippen LogP) is 5.23. The molecule has 0 heterocycles. The topological polar surface area (TPSA) is 108 Å². The molecule has 3 rings (SSSR count). The van der Waals surface area contributed by atoms with Gasteiger partial charge in [0, 0.05) is 12.6 Å². The lowest BCUT2D eigenvalue weighted by Crippen LogP contribution is -2.54. The highest BCUT2D eigenvalue weighted by Crippen LogP contribution is 2.41. The SMILES string of the molecule is Cc1cc(C(C(=O)NCc2ccccc2)N(C(=O)C(CC(C)C)NC(=O)OC(C)(C)C)C2CC2C)ccc1O. The van der Waals surface area contributed by atoms with Crippen LogP contribution in [0.4, 0.5) is 4.79 Å². The van der Waals surface area contributed by atoms with Crippen LogP contribution in [0.5, 0.6) is 5.75 Å². The van der Waals surface area contributed by atoms with Crippen LogP contribution in [0.3, 0.4) is 0 Å². The highest BCUT2D eigenvalue weighted by Gasteiger charge is 2.48. The summed E-state index contributed by atoms with van der Waals surface area (Å²) in [7, 11) is 0. The van der Waals surface area contributed by atoms with E-state index >= 15 is 0 Å². The lowest BCUT2D eigenvalue weighted by atomic mass is 9.97. The zero-order valence-electron chi connectivity index (χ0n) is 24.2. The van der Waals surface area contributed by atoms with Crippen LogP contribution in [0.2, 0.25) is 0 Å². The van der Waals surface area contributed by atoms with E-state index in [0.717, 1.165) is 12.0 Å². The number of nitrogens with zero attached hydrogens (tertiary/aromatic N) is 1. The number of aryl methyl sites for hydroxylation is 1. The van der Waals surface area contributed by atoms with E-state index in [9.17, 15) is 19.5 Å². The van der Waals surface area contributed by atoms with E-state index in [2.05, 4.69) is 10.6 Å². The Morgan fingerprint density at radius 3 is 2.28 bits per heavy atom. The summed E-state index contributed by atoms with van der Waals surface area (Å²) in [4.78, 5) is 42.5. The van der Waals surface area contributed by atoms with Crippen LogP contribution in [0.15, 0.2) is 48.5 Å². The molecule has 2 aromatic rings. The summed E-state index contributed by atoms with van der Waals surface area (Å²) < 4.78 is 5.46. The van der Waals surface area contributed by atoms with Crippen molar-refractivity contribution < 1.29 is 24.2 Å². The average Bonchev–Trinajstić information content (AvgIpc) is 3.56. The van der Waals surface area contributed by atoms with Crippen molar-refractivity contribution in [2.45, 2.75) is 91.6 Å². The quantitative estimate of drug-likeness (QED) is 0.384. The molecule has 4 atom stereocenters. The maximum absolute atomic E-state index is 14.3. The molecular formula is C31H43N3O5. The molecule has 0 saturated heterocycles. The van der Waals surface area contributed by atoms with Crippen molar-refractivity contribution in [1.82, 2.24) is 15.5 Å². The summed E-state index contributed by atoms with van der Waals surface area (Å²) in [5.41, 5.74) is 1.43. The van der Waals surface area contributed by atoms with E-state index in [-0.39, 0.29) is 35.4 Å². The predicted molar refractivity (Wildman–Crippen MR) is 151 cm³/mol. The van der Waals surface area contributed by atoms with Crippen molar-refractivity contribution in [3.63, 3.8) is 0 Å². The van der Waals surface area contributed by atoms with E-state index in [1.165, 1.54) is 0 Å². The van der Waals surface area contributed by atoms with Crippen LogP contribution in [-0.2, 0) is 20.9 Å². The molecule has 1 saturated carbocycles. The number of amides is 3. The van der Waals surface area contributed by atoms with Gasteiger partial charge in [0.25, 0.3) is 0 Å². The summed E-state index contributed by atoms with van der Waals surface area (Å²) in [5, 5.41) is 16.0. The summed E-state index contributed by atoms with van der Waals surface area (Å²) in [6.07, 6.45) is 0.477. The number of phenols is 1. The zero-order valence-corrected chi connectivity index (χ0v) is 24.2. The van der Waals surface area contributed by atoms with Gasteiger partial charge in [-0.1, -0.05) is 57.2 Å². The second kappa shape index (κ2) is 12.5. The highest BCUT2D eigenvalue weighted by molar-refractivity contribution is 5.92. The third-order valence-corrected chi connectivity index (χ3v) is 6.75. The molecule has 1 fully saturated rings. The number of rotatable bonds is 10. The van der Waals surface area contributed by atoms with Gasteiger partial charge in [-0.05, 0) is 81.2 Å². The number of nitrogens with one attached hydrogen (secondary N) is 2. The molecule has 0 radical (unpaired) electrons. The van der Waals surface area contributed by atoms with Crippen LogP contribution in [0.1, 0.15) is 77.1 Å². The van der Waals surface area contributed by atoms with E-state index in [1.807, 2.05) is 51.1 Å².